The third-order valence-electron chi connectivity index (χ3n) is 1.94. The number of rotatable bonds is 3. The lowest BCUT2D eigenvalue weighted by Gasteiger charge is -2.16. The van der Waals surface area contributed by atoms with Crippen molar-refractivity contribution in [1.29, 1.82) is 0 Å². The highest BCUT2D eigenvalue weighted by atomic mass is 16.2. The number of carbonyl (C=O) groups is 1. The van der Waals surface area contributed by atoms with Gasteiger partial charge in [0.25, 0.3) is 0 Å². The minimum absolute atomic E-state index is 0.0781. The molecule has 1 fully saturated rings. The van der Waals surface area contributed by atoms with Gasteiger partial charge in [-0.25, -0.2) is 4.79 Å². The maximum Gasteiger partial charge on any atom is 0.317 e. The molecule has 1 rings (SSSR count). The molecule has 3 nitrogen and oxygen atoms in total. The summed E-state index contributed by atoms with van der Waals surface area (Å²) in [6, 6.07) is 0.598. The van der Waals surface area contributed by atoms with Crippen LogP contribution >= 0.6 is 0 Å². The molecule has 0 heterocycles. The second-order valence-electron chi connectivity index (χ2n) is 3.07. The Morgan fingerprint density at radius 1 is 1.64 bits per heavy atom. The third kappa shape index (κ3) is 2.41. The number of carbonyl (C=O) groups excluding carboxylic acids is 1. The van der Waals surface area contributed by atoms with Gasteiger partial charge in [-0.3, -0.25) is 0 Å². The molecule has 1 aliphatic rings. The molecule has 0 aliphatic heterocycles. The van der Waals surface area contributed by atoms with Gasteiger partial charge in [0, 0.05) is 19.6 Å². The lowest BCUT2D eigenvalue weighted by molar-refractivity contribution is 0.206. The summed E-state index contributed by atoms with van der Waals surface area (Å²) >= 11 is 0. The van der Waals surface area contributed by atoms with Gasteiger partial charge >= 0.3 is 6.03 Å². The molecule has 3 heteroatoms. The fraction of sp³-hybridized carbons (Fsp3) is 0.875. The predicted molar refractivity (Wildman–Crippen MR) is 44.5 cm³/mol. The van der Waals surface area contributed by atoms with Crippen molar-refractivity contribution in [3.05, 3.63) is 0 Å². The molecule has 0 atom stereocenters. The smallest absolute Gasteiger partial charge is 0.317 e. The molecular formula is C8H16N2O. The lowest BCUT2D eigenvalue weighted by atomic mass is 10.5. The van der Waals surface area contributed by atoms with Gasteiger partial charge in [-0.2, -0.15) is 0 Å². The Balaban J connectivity index is 2.16. The number of nitrogens with one attached hydrogen (secondary N) is 1. The van der Waals surface area contributed by atoms with Crippen molar-refractivity contribution in [3.8, 4) is 0 Å². The van der Waals surface area contributed by atoms with E-state index in [0.717, 1.165) is 13.0 Å². The van der Waals surface area contributed by atoms with Crippen molar-refractivity contribution in [2.24, 2.45) is 0 Å². The summed E-state index contributed by atoms with van der Waals surface area (Å²) in [5.74, 6) is 0. The number of amides is 2. The standard InChI is InChI=1S/C8H16N2O/c1-3-6-9-8(11)10(2)7-4-5-7/h7H,3-6H2,1-2H3,(H,9,11). The van der Waals surface area contributed by atoms with E-state index in [-0.39, 0.29) is 6.03 Å². The van der Waals surface area contributed by atoms with Gasteiger partial charge in [-0.15, -0.1) is 0 Å². The van der Waals surface area contributed by atoms with E-state index in [4.69, 9.17) is 0 Å². The van der Waals surface area contributed by atoms with Gasteiger partial charge in [-0.1, -0.05) is 6.92 Å². The Morgan fingerprint density at radius 2 is 2.27 bits per heavy atom. The van der Waals surface area contributed by atoms with Gasteiger partial charge in [-0.05, 0) is 19.3 Å². The fourth-order valence-corrected chi connectivity index (χ4v) is 0.984. The van der Waals surface area contributed by atoms with Crippen LogP contribution < -0.4 is 5.32 Å². The molecule has 1 N–H and O–H groups in total. The Kier molecular flexibility index (Phi) is 2.74. The molecule has 2 amide bonds. The summed E-state index contributed by atoms with van der Waals surface area (Å²) in [6.45, 7) is 2.84. The van der Waals surface area contributed by atoms with Crippen LogP contribution in [0, 0.1) is 0 Å². The zero-order valence-corrected chi connectivity index (χ0v) is 7.26. The number of nitrogens with zero attached hydrogens (tertiary/aromatic N) is 1. The normalized spacial score (nSPS) is 16.2. The van der Waals surface area contributed by atoms with E-state index in [1.165, 1.54) is 12.8 Å². The first-order valence-electron chi connectivity index (χ1n) is 4.26. The summed E-state index contributed by atoms with van der Waals surface area (Å²) in [5.41, 5.74) is 0. The van der Waals surface area contributed by atoms with Crippen LogP contribution in [0.3, 0.4) is 0 Å². The topological polar surface area (TPSA) is 32.3 Å². The summed E-state index contributed by atoms with van der Waals surface area (Å²) in [6.07, 6.45) is 3.36. The van der Waals surface area contributed by atoms with Gasteiger partial charge in [0.2, 0.25) is 0 Å². The second kappa shape index (κ2) is 3.60. The quantitative estimate of drug-likeness (QED) is 0.654. The monoisotopic (exact) mass is 156 g/mol. The minimum atomic E-state index is 0.0781. The van der Waals surface area contributed by atoms with Gasteiger partial charge < -0.3 is 10.2 Å². The van der Waals surface area contributed by atoms with Gasteiger partial charge in [0.1, 0.15) is 0 Å². The number of urea groups is 1. The van der Waals surface area contributed by atoms with Crippen molar-refractivity contribution < 1.29 is 4.79 Å². The van der Waals surface area contributed by atoms with E-state index in [2.05, 4.69) is 12.2 Å². The summed E-state index contributed by atoms with van der Waals surface area (Å²) < 4.78 is 0. The first-order chi connectivity index (χ1) is 5.25. The van der Waals surface area contributed by atoms with Crippen LogP contribution in [0.2, 0.25) is 0 Å². The molecule has 0 bridgehead atoms. The average molecular weight is 156 g/mol. The Hall–Kier alpha value is -0.730. The van der Waals surface area contributed by atoms with E-state index in [0.29, 0.717) is 6.04 Å². The van der Waals surface area contributed by atoms with Crippen molar-refractivity contribution >= 4 is 6.03 Å². The molecule has 0 aromatic carbocycles. The van der Waals surface area contributed by atoms with E-state index in [9.17, 15) is 4.79 Å². The van der Waals surface area contributed by atoms with E-state index >= 15 is 0 Å². The van der Waals surface area contributed by atoms with Crippen LogP contribution in [0.4, 0.5) is 4.79 Å². The molecule has 0 spiro atoms. The van der Waals surface area contributed by atoms with Crippen LogP contribution in [0.15, 0.2) is 0 Å². The first-order valence-corrected chi connectivity index (χ1v) is 4.26. The van der Waals surface area contributed by atoms with Crippen LogP contribution in [-0.2, 0) is 0 Å². The zero-order valence-electron chi connectivity index (χ0n) is 7.26. The second-order valence-corrected chi connectivity index (χ2v) is 3.07. The minimum Gasteiger partial charge on any atom is -0.338 e. The average Bonchev–Trinajstić information content (AvgIpc) is 2.81. The Morgan fingerprint density at radius 3 is 2.73 bits per heavy atom. The Labute approximate surface area is 67.8 Å². The van der Waals surface area contributed by atoms with Gasteiger partial charge in [0.05, 0.1) is 0 Å². The molecule has 1 saturated carbocycles. The van der Waals surface area contributed by atoms with E-state index in [1.807, 2.05) is 7.05 Å². The summed E-state index contributed by atoms with van der Waals surface area (Å²) in [7, 11) is 1.86. The maximum atomic E-state index is 11.2. The molecule has 0 unspecified atom stereocenters. The molecule has 0 aromatic rings. The molecular weight excluding hydrogens is 140 g/mol. The van der Waals surface area contributed by atoms with Crippen LogP contribution in [0.1, 0.15) is 26.2 Å². The highest BCUT2D eigenvalue weighted by Crippen LogP contribution is 2.24. The van der Waals surface area contributed by atoms with Crippen molar-refractivity contribution in [1.82, 2.24) is 10.2 Å². The van der Waals surface area contributed by atoms with Crippen molar-refractivity contribution in [2.75, 3.05) is 13.6 Å². The van der Waals surface area contributed by atoms with Crippen LogP contribution in [-0.4, -0.2) is 30.6 Å². The molecule has 0 radical (unpaired) electrons. The molecule has 64 valence electrons. The van der Waals surface area contributed by atoms with E-state index in [1.54, 1.807) is 4.90 Å². The summed E-state index contributed by atoms with van der Waals surface area (Å²) in [4.78, 5) is 13.0. The van der Waals surface area contributed by atoms with Crippen molar-refractivity contribution in [3.63, 3.8) is 0 Å². The maximum absolute atomic E-state index is 11.2. The zero-order chi connectivity index (χ0) is 8.27. The first kappa shape index (κ1) is 8.37. The summed E-state index contributed by atoms with van der Waals surface area (Å²) in [5, 5.41) is 2.84. The molecule has 1 aliphatic carbocycles. The Bertz CT molecular complexity index is 143. The van der Waals surface area contributed by atoms with Crippen molar-refractivity contribution in [2.45, 2.75) is 32.2 Å². The van der Waals surface area contributed by atoms with E-state index < -0.39 is 0 Å². The number of hydrogen-bond donors (Lipinski definition) is 1. The molecule has 0 aromatic heterocycles. The highest BCUT2D eigenvalue weighted by molar-refractivity contribution is 5.74. The largest absolute Gasteiger partial charge is 0.338 e. The van der Waals surface area contributed by atoms with Crippen LogP contribution in [0.25, 0.3) is 0 Å². The highest BCUT2D eigenvalue weighted by Gasteiger charge is 2.29. The van der Waals surface area contributed by atoms with Gasteiger partial charge in [0.15, 0.2) is 0 Å². The molecule has 0 saturated heterocycles. The lowest BCUT2D eigenvalue weighted by Crippen LogP contribution is -2.38. The third-order valence-corrected chi connectivity index (χ3v) is 1.94. The number of hydrogen-bond acceptors (Lipinski definition) is 1. The SMILES string of the molecule is CCCNC(=O)N(C)C1CC1. The molecule has 11 heavy (non-hydrogen) atoms. The predicted octanol–water partition coefficient (Wildman–Crippen LogP) is 1.20. The fourth-order valence-electron chi connectivity index (χ4n) is 0.984. The van der Waals surface area contributed by atoms with Crippen LogP contribution in [0.5, 0.6) is 0 Å².